The first-order chi connectivity index (χ1) is 11.7. The highest BCUT2D eigenvalue weighted by Gasteiger charge is 2.25. The second kappa shape index (κ2) is 13.2. The van der Waals surface area contributed by atoms with Crippen LogP contribution in [0.15, 0.2) is 0 Å². The van der Waals surface area contributed by atoms with Crippen LogP contribution in [0.5, 0.6) is 0 Å². The van der Waals surface area contributed by atoms with Crippen LogP contribution in [-0.4, -0.2) is 44.7 Å². The van der Waals surface area contributed by atoms with E-state index < -0.39 is 29.7 Å². The van der Waals surface area contributed by atoms with Gasteiger partial charge in [-0.1, -0.05) is 57.3 Å². The Morgan fingerprint density at radius 2 is 1.52 bits per heavy atom. The maximum atomic E-state index is 11.0. The lowest BCUT2D eigenvalue weighted by molar-refractivity contribution is -0.147. The first-order valence-electron chi connectivity index (χ1n) is 9.49. The Bertz CT molecular complexity index is 422. The summed E-state index contributed by atoms with van der Waals surface area (Å²) in [4.78, 5) is 11.0. The van der Waals surface area contributed by atoms with Gasteiger partial charge in [-0.05, 0) is 39.5 Å². The number of hydrogen-bond acceptors (Lipinski definition) is 4. The van der Waals surface area contributed by atoms with E-state index in [1.54, 1.807) is 13.8 Å². The van der Waals surface area contributed by atoms with Gasteiger partial charge < -0.3 is 20.4 Å². The summed E-state index contributed by atoms with van der Waals surface area (Å²) in [5, 5.41) is 38.3. The maximum absolute atomic E-state index is 11.0. The average molecular weight is 357 g/mol. The number of rotatable bonds is 13. The van der Waals surface area contributed by atoms with Gasteiger partial charge in [0.25, 0.3) is 0 Å². The van der Waals surface area contributed by atoms with Gasteiger partial charge >= 0.3 is 5.97 Å². The van der Waals surface area contributed by atoms with Crippen molar-refractivity contribution in [2.24, 2.45) is 5.41 Å². The van der Waals surface area contributed by atoms with Crippen LogP contribution in [-0.2, 0) is 4.79 Å². The molecule has 4 N–H and O–H groups in total. The van der Waals surface area contributed by atoms with Gasteiger partial charge in [0.15, 0.2) is 0 Å². The minimum atomic E-state index is -1.11. The number of aliphatic hydroxyl groups is 3. The van der Waals surface area contributed by atoms with Gasteiger partial charge in [0.05, 0.1) is 11.5 Å². The minimum absolute atomic E-state index is 0.520. The fourth-order valence-electron chi connectivity index (χ4n) is 2.48. The van der Waals surface area contributed by atoms with Gasteiger partial charge in [0.1, 0.15) is 12.2 Å². The third-order valence-electron chi connectivity index (χ3n) is 4.47. The third kappa shape index (κ3) is 12.0. The maximum Gasteiger partial charge on any atom is 0.309 e. The summed E-state index contributed by atoms with van der Waals surface area (Å²) in [6.07, 6.45) is 5.35. The Morgan fingerprint density at radius 1 is 0.920 bits per heavy atom. The molecule has 3 atom stereocenters. The zero-order chi connectivity index (χ0) is 19.3. The van der Waals surface area contributed by atoms with Crippen LogP contribution >= 0.6 is 0 Å². The van der Waals surface area contributed by atoms with E-state index in [4.69, 9.17) is 5.11 Å². The highest BCUT2D eigenvalue weighted by Crippen LogP contribution is 2.24. The van der Waals surface area contributed by atoms with E-state index in [1.807, 2.05) is 0 Å². The molecule has 0 aromatic heterocycles. The lowest BCUT2D eigenvalue weighted by Crippen LogP contribution is -2.24. The molecule has 0 aliphatic rings. The number of hydrogen-bond donors (Lipinski definition) is 4. The van der Waals surface area contributed by atoms with Crippen LogP contribution in [0, 0.1) is 17.3 Å². The summed E-state index contributed by atoms with van der Waals surface area (Å²) in [6.45, 7) is 5.54. The lowest BCUT2D eigenvalue weighted by atomic mass is 9.87. The Hall–Kier alpha value is -1.09. The Morgan fingerprint density at radius 3 is 2.12 bits per heavy atom. The number of carboxylic acids is 1. The summed E-state index contributed by atoms with van der Waals surface area (Å²) in [5.74, 6) is 4.37. The number of unbranched alkanes of at least 4 members (excludes halogenated alkanes) is 5. The van der Waals surface area contributed by atoms with Crippen molar-refractivity contribution in [3.05, 3.63) is 0 Å². The van der Waals surface area contributed by atoms with Crippen LogP contribution < -0.4 is 0 Å². The minimum Gasteiger partial charge on any atom is -0.481 e. The fraction of sp³-hybridized carbons (Fsp3) is 0.850. The molecule has 0 aromatic rings. The number of aliphatic hydroxyl groups excluding tert-OH is 3. The van der Waals surface area contributed by atoms with Crippen molar-refractivity contribution in [3.63, 3.8) is 0 Å². The largest absolute Gasteiger partial charge is 0.481 e. The van der Waals surface area contributed by atoms with Crippen LogP contribution in [0.1, 0.15) is 85.0 Å². The monoisotopic (exact) mass is 356 g/mol. The number of aliphatic carboxylic acids is 1. The van der Waals surface area contributed by atoms with E-state index in [0.29, 0.717) is 19.3 Å². The SMILES string of the molecule is CCCCCC(O)C(O)C#CC(O)CCCCCCC(C)(C)C(=O)O. The highest BCUT2D eigenvalue weighted by molar-refractivity contribution is 5.73. The molecular weight excluding hydrogens is 320 g/mol. The summed E-state index contributed by atoms with van der Waals surface area (Å²) < 4.78 is 0. The molecule has 0 saturated carbocycles. The lowest BCUT2D eigenvalue weighted by Gasteiger charge is -2.18. The molecule has 0 fully saturated rings. The van der Waals surface area contributed by atoms with Gasteiger partial charge in [-0.3, -0.25) is 4.79 Å². The van der Waals surface area contributed by atoms with Crippen molar-refractivity contribution in [2.75, 3.05) is 0 Å². The molecule has 146 valence electrons. The van der Waals surface area contributed by atoms with Crippen LogP contribution in [0.3, 0.4) is 0 Å². The highest BCUT2D eigenvalue weighted by atomic mass is 16.4. The summed E-state index contributed by atoms with van der Waals surface area (Å²) in [6, 6.07) is 0. The van der Waals surface area contributed by atoms with Gasteiger partial charge in [0.2, 0.25) is 0 Å². The molecule has 25 heavy (non-hydrogen) atoms. The van der Waals surface area contributed by atoms with Crippen molar-refractivity contribution < 1.29 is 25.2 Å². The van der Waals surface area contributed by atoms with Crippen molar-refractivity contribution >= 4 is 5.97 Å². The smallest absolute Gasteiger partial charge is 0.309 e. The molecule has 0 spiro atoms. The fourth-order valence-corrected chi connectivity index (χ4v) is 2.48. The second-order valence-electron chi connectivity index (χ2n) is 7.45. The molecule has 0 aromatic carbocycles. The van der Waals surface area contributed by atoms with Crippen LogP contribution in [0.2, 0.25) is 0 Å². The predicted molar refractivity (Wildman–Crippen MR) is 99.1 cm³/mol. The predicted octanol–water partition coefficient (Wildman–Crippen LogP) is 3.10. The molecule has 0 bridgehead atoms. The molecule has 0 rings (SSSR count). The van der Waals surface area contributed by atoms with E-state index in [1.165, 1.54) is 0 Å². The van der Waals surface area contributed by atoms with Gasteiger partial charge in [0, 0.05) is 0 Å². The van der Waals surface area contributed by atoms with E-state index in [2.05, 4.69) is 18.8 Å². The summed E-state index contributed by atoms with van der Waals surface area (Å²) in [5.41, 5.74) is -0.681. The van der Waals surface area contributed by atoms with E-state index >= 15 is 0 Å². The van der Waals surface area contributed by atoms with Gasteiger partial charge in [-0.15, -0.1) is 0 Å². The molecule has 5 nitrogen and oxygen atoms in total. The number of carboxylic acid groups (broad SMARTS) is 1. The Kier molecular flexibility index (Phi) is 12.6. The molecule has 3 unspecified atom stereocenters. The first kappa shape index (κ1) is 23.9. The van der Waals surface area contributed by atoms with Crippen molar-refractivity contribution in [2.45, 2.75) is 103 Å². The molecular formula is C20H36O5. The van der Waals surface area contributed by atoms with E-state index in [0.717, 1.165) is 44.9 Å². The normalized spacial score (nSPS) is 15.1. The molecule has 0 aliphatic heterocycles. The van der Waals surface area contributed by atoms with E-state index in [9.17, 15) is 20.1 Å². The second-order valence-corrected chi connectivity index (χ2v) is 7.45. The first-order valence-corrected chi connectivity index (χ1v) is 9.49. The standard InChI is InChI=1S/C20H36O5/c1-4-5-8-12-17(22)18(23)14-13-16(21)11-9-6-7-10-15-20(2,3)19(24)25/h16-18,21-23H,4-12,15H2,1-3H3,(H,24,25). The van der Waals surface area contributed by atoms with Gasteiger partial charge in [-0.2, -0.15) is 0 Å². The van der Waals surface area contributed by atoms with Crippen LogP contribution in [0.25, 0.3) is 0 Å². The van der Waals surface area contributed by atoms with Crippen molar-refractivity contribution in [1.29, 1.82) is 0 Å². The quantitative estimate of drug-likeness (QED) is 0.300. The van der Waals surface area contributed by atoms with Gasteiger partial charge in [-0.25, -0.2) is 0 Å². The molecule has 5 heteroatoms. The third-order valence-corrected chi connectivity index (χ3v) is 4.47. The molecule has 0 aliphatic carbocycles. The van der Waals surface area contributed by atoms with Crippen LogP contribution in [0.4, 0.5) is 0 Å². The molecule has 0 amide bonds. The van der Waals surface area contributed by atoms with Crippen molar-refractivity contribution in [1.82, 2.24) is 0 Å². The Labute approximate surface area is 152 Å². The summed E-state index contributed by atoms with van der Waals surface area (Å²) >= 11 is 0. The summed E-state index contributed by atoms with van der Waals surface area (Å²) in [7, 11) is 0. The molecule has 0 heterocycles. The zero-order valence-electron chi connectivity index (χ0n) is 16.0. The van der Waals surface area contributed by atoms with E-state index in [-0.39, 0.29) is 0 Å². The van der Waals surface area contributed by atoms with Crippen molar-refractivity contribution in [3.8, 4) is 11.8 Å². The molecule has 0 saturated heterocycles. The Balaban J connectivity index is 3.87. The average Bonchev–Trinajstić information content (AvgIpc) is 2.55. The number of carbonyl (C=O) groups is 1. The topological polar surface area (TPSA) is 98.0 Å². The zero-order valence-corrected chi connectivity index (χ0v) is 16.0. The molecule has 0 radical (unpaired) electrons.